The molecule has 1 aromatic heterocycles. The van der Waals surface area contributed by atoms with Gasteiger partial charge in [-0.05, 0) is 36.8 Å². The molecule has 7 heteroatoms. The molecule has 0 saturated carbocycles. The quantitative estimate of drug-likeness (QED) is 0.388. The maximum absolute atomic E-state index is 12.0. The summed E-state index contributed by atoms with van der Waals surface area (Å²) in [6, 6.07) is 15.7. The lowest BCUT2D eigenvalue weighted by Gasteiger charge is -2.04. The third-order valence-electron chi connectivity index (χ3n) is 3.69. The number of hydrazone groups is 1. The van der Waals surface area contributed by atoms with Crippen LogP contribution < -0.4 is 5.43 Å². The number of hydrogen-bond donors (Lipinski definition) is 1. The van der Waals surface area contributed by atoms with Gasteiger partial charge in [-0.15, -0.1) is 0 Å². The van der Waals surface area contributed by atoms with Crippen molar-refractivity contribution in [1.29, 1.82) is 0 Å². The highest BCUT2D eigenvalue weighted by atomic mass is 79.9. The average molecular weight is 417 g/mol. The van der Waals surface area contributed by atoms with Gasteiger partial charge in [-0.3, -0.25) is 4.79 Å². The summed E-state index contributed by atoms with van der Waals surface area (Å²) in [5, 5.41) is 4.97. The number of carbonyl (C=O) groups excluding carboxylic acids is 1. The number of aryl methyl sites for hydroxylation is 1. The number of thioether (sulfide) groups is 1. The summed E-state index contributed by atoms with van der Waals surface area (Å²) in [5.41, 5.74) is 6.30. The standard InChI is InChI=1S/C18H17BrN4OS/c1-12(13-7-9-14(19)10-8-13)21-22-17(24)11-25-18-20-15-5-3-4-6-16(15)23(18)2/h3-10H,11H2,1-2H3,(H,22,24)/b21-12-. The van der Waals surface area contributed by atoms with E-state index in [1.807, 2.05) is 67.1 Å². The molecule has 25 heavy (non-hydrogen) atoms. The number of nitrogens with zero attached hydrogens (tertiary/aromatic N) is 3. The number of aromatic nitrogens is 2. The summed E-state index contributed by atoms with van der Waals surface area (Å²) < 4.78 is 3.00. The predicted octanol–water partition coefficient (Wildman–Crippen LogP) is 3.97. The third-order valence-corrected chi connectivity index (χ3v) is 5.25. The van der Waals surface area contributed by atoms with Crippen LogP contribution in [0.25, 0.3) is 11.0 Å². The second-order valence-electron chi connectivity index (χ2n) is 5.47. The Morgan fingerprint density at radius 2 is 1.96 bits per heavy atom. The highest BCUT2D eigenvalue weighted by Crippen LogP contribution is 2.22. The monoisotopic (exact) mass is 416 g/mol. The minimum atomic E-state index is -0.159. The maximum Gasteiger partial charge on any atom is 0.250 e. The van der Waals surface area contributed by atoms with Crippen LogP contribution >= 0.6 is 27.7 Å². The summed E-state index contributed by atoms with van der Waals surface area (Å²) in [4.78, 5) is 16.6. The Morgan fingerprint density at radius 1 is 1.24 bits per heavy atom. The van der Waals surface area contributed by atoms with Crippen LogP contribution in [0.5, 0.6) is 0 Å². The lowest BCUT2D eigenvalue weighted by atomic mass is 10.1. The van der Waals surface area contributed by atoms with Crippen LogP contribution in [0, 0.1) is 0 Å². The molecule has 0 bridgehead atoms. The molecule has 128 valence electrons. The average Bonchev–Trinajstić information content (AvgIpc) is 2.95. The molecule has 1 amide bonds. The molecule has 0 unspecified atom stereocenters. The number of para-hydroxylation sites is 2. The van der Waals surface area contributed by atoms with E-state index in [-0.39, 0.29) is 11.7 Å². The molecular formula is C18H17BrN4OS. The summed E-state index contributed by atoms with van der Waals surface area (Å²) in [6.07, 6.45) is 0. The smallest absolute Gasteiger partial charge is 0.250 e. The number of nitrogens with one attached hydrogen (secondary N) is 1. The van der Waals surface area contributed by atoms with Gasteiger partial charge in [0.15, 0.2) is 5.16 Å². The summed E-state index contributed by atoms with van der Waals surface area (Å²) in [7, 11) is 1.95. The van der Waals surface area contributed by atoms with Crippen molar-refractivity contribution >= 4 is 50.3 Å². The Bertz CT molecular complexity index is 934. The predicted molar refractivity (Wildman–Crippen MR) is 106 cm³/mol. The first-order chi connectivity index (χ1) is 12.0. The molecule has 1 heterocycles. The fraction of sp³-hybridized carbons (Fsp3) is 0.167. The van der Waals surface area contributed by atoms with Gasteiger partial charge in [-0.2, -0.15) is 5.10 Å². The zero-order valence-electron chi connectivity index (χ0n) is 13.9. The van der Waals surface area contributed by atoms with Crippen LogP contribution in [-0.2, 0) is 11.8 Å². The molecular weight excluding hydrogens is 400 g/mol. The molecule has 3 aromatic rings. The Kier molecular flexibility index (Phi) is 5.55. The van der Waals surface area contributed by atoms with Gasteiger partial charge in [0.2, 0.25) is 0 Å². The first-order valence-electron chi connectivity index (χ1n) is 7.68. The Balaban J connectivity index is 1.59. The molecule has 0 aliphatic rings. The van der Waals surface area contributed by atoms with Gasteiger partial charge in [0.1, 0.15) is 0 Å². The fourth-order valence-electron chi connectivity index (χ4n) is 2.32. The zero-order valence-corrected chi connectivity index (χ0v) is 16.3. The van der Waals surface area contributed by atoms with Crippen LogP contribution in [0.1, 0.15) is 12.5 Å². The van der Waals surface area contributed by atoms with Crippen molar-refractivity contribution < 1.29 is 4.79 Å². The van der Waals surface area contributed by atoms with E-state index in [4.69, 9.17) is 0 Å². The normalized spacial score (nSPS) is 11.7. The number of amides is 1. The van der Waals surface area contributed by atoms with Gasteiger partial charge in [-0.25, -0.2) is 10.4 Å². The van der Waals surface area contributed by atoms with Crippen LogP contribution in [0.15, 0.2) is 63.3 Å². The third kappa shape index (κ3) is 4.29. The van der Waals surface area contributed by atoms with Crippen LogP contribution in [0.2, 0.25) is 0 Å². The highest BCUT2D eigenvalue weighted by Gasteiger charge is 2.10. The minimum Gasteiger partial charge on any atom is -0.322 e. The van der Waals surface area contributed by atoms with E-state index in [1.165, 1.54) is 11.8 Å². The first kappa shape index (κ1) is 17.7. The van der Waals surface area contributed by atoms with E-state index in [0.717, 1.165) is 31.9 Å². The number of fused-ring (bicyclic) bond motifs is 1. The first-order valence-corrected chi connectivity index (χ1v) is 9.46. The van der Waals surface area contributed by atoms with Crippen molar-refractivity contribution in [3.05, 3.63) is 58.6 Å². The number of carbonyl (C=O) groups is 1. The largest absolute Gasteiger partial charge is 0.322 e. The van der Waals surface area contributed by atoms with Gasteiger partial charge >= 0.3 is 0 Å². The summed E-state index contributed by atoms with van der Waals surface area (Å²) >= 11 is 4.79. The van der Waals surface area contributed by atoms with Gasteiger partial charge in [0.05, 0.1) is 22.5 Å². The van der Waals surface area contributed by atoms with Gasteiger partial charge < -0.3 is 4.57 Å². The number of benzene rings is 2. The second-order valence-corrected chi connectivity index (χ2v) is 7.33. The lowest BCUT2D eigenvalue weighted by molar-refractivity contribution is -0.118. The molecule has 0 atom stereocenters. The molecule has 3 rings (SSSR count). The molecule has 0 fully saturated rings. The van der Waals surface area contributed by atoms with E-state index < -0.39 is 0 Å². The van der Waals surface area contributed by atoms with Crippen LogP contribution in [0.4, 0.5) is 0 Å². The van der Waals surface area contributed by atoms with Crippen molar-refractivity contribution in [2.24, 2.45) is 12.1 Å². The SMILES string of the molecule is C/C(=N/NC(=O)CSc1nc2ccccc2n1C)c1ccc(Br)cc1. The molecule has 1 N–H and O–H groups in total. The second kappa shape index (κ2) is 7.84. The Morgan fingerprint density at radius 3 is 2.68 bits per heavy atom. The van der Waals surface area contributed by atoms with Crippen molar-refractivity contribution in [2.45, 2.75) is 12.1 Å². The zero-order chi connectivity index (χ0) is 17.8. The van der Waals surface area contributed by atoms with E-state index in [9.17, 15) is 4.79 Å². The van der Waals surface area contributed by atoms with Crippen molar-refractivity contribution in [1.82, 2.24) is 15.0 Å². The van der Waals surface area contributed by atoms with Crippen molar-refractivity contribution in [3.63, 3.8) is 0 Å². The number of halogens is 1. The fourth-order valence-corrected chi connectivity index (χ4v) is 3.36. The number of imidazole rings is 1. The van der Waals surface area contributed by atoms with E-state index in [0.29, 0.717) is 0 Å². The molecule has 0 spiro atoms. The van der Waals surface area contributed by atoms with Crippen molar-refractivity contribution in [3.8, 4) is 0 Å². The lowest BCUT2D eigenvalue weighted by Crippen LogP contribution is -2.21. The Labute approximate surface area is 158 Å². The van der Waals surface area contributed by atoms with Crippen molar-refractivity contribution in [2.75, 3.05) is 5.75 Å². The number of rotatable bonds is 5. The topological polar surface area (TPSA) is 59.3 Å². The number of hydrogen-bond acceptors (Lipinski definition) is 4. The maximum atomic E-state index is 12.0. The van der Waals surface area contributed by atoms with Crippen LogP contribution in [-0.4, -0.2) is 26.9 Å². The van der Waals surface area contributed by atoms with E-state index >= 15 is 0 Å². The highest BCUT2D eigenvalue weighted by molar-refractivity contribution is 9.10. The summed E-state index contributed by atoms with van der Waals surface area (Å²) in [6.45, 7) is 1.86. The molecule has 0 radical (unpaired) electrons. The molecule has 0 aliphatic heterocycles. The molecule has 0 saturated heterocycles. The summed E-state index contributed by atoms with van der Waals surface area (Å²) in [5.74, 6) is 0.0994. The van der Waals surface area contributed by atoms with Crippen LogP contribution in [0.3, 0.4) is 0 Å². The minimum absolute atomic E-state index is 0.159. The van der Waals surface area contributed by atoms with Gasteiger partial charge in [-0.1, -0.05) is 52.0 Å². The molecule has 0 aliphatic carbocycles. The Hall–Kier alpha value is -2.12. The van der Waals surface area contributed by atoms with Gasteiger partial charge in [0.25, 0.3) is 5.91 Å². The van der Waals surface area contributed by atoms with Gasteiger partial charge in [0, 0.05) is 11.5 Å². The van der Waals surface area contributed by atoms with E-state index in [1.54, 1.807) is 0 Å². The molecule has 5 nitrogen and oxygen atoms in total. The van der Waals surface area contributed by atoms with E-state index in [2.05, 4.69) is 31.4 Å². The molecule has 2 aromatic carbocycles.